The number of fused-ring (bicyclic) bond motifs is 1. The molecule has 1 aromatic rings. The van der Waals surface area contributed by atoms with E-state index < -0.39 is 6.04 Å². The van der Waals surface area contributed by atoms with Crippen LogP contribution in [-0.4, -0.2) is 39.3 Å². The molecule has 1 unspecified atom stereocenters. The van der Waals surface area contributed by atoms with Crippen LogP contribution in [0, 0.1) is 0 Å². The van der Waals surface area contributed by atoms with Gasteiger partial charge in [-0.05, 0) is 25.5 Å². The fourth-order valence-electron chi connectivity index (χ4n) is 2.11. The summed E-state index contributed by atoms with van der Waals surface area (Å²) in [6.07, 6.45) is 1.76. The molecule has 0 spiro atoms. The fraction of sp³-hybridized carbons (Fsp3) is 0.500. The van der Waals surface area contributed by atoms with Gasteiger partial charge < -0.3 is 4.98 Å². The number of carbonyl (C=O) groups is 2. The van der Waals surface area contributed by atoms with E-state index in [-0.39, 0.29) is 11.7 Å². The van der Waals surface area contributed by atoms with Crippen LogP contribution in [-0.2, 0) is 11.3 Å². The van der Waals surface area contributed by atoms with Crippen molar-refractivity contribution in [3.63, 3.8) is 0 Å². The van der Waals surface area contributed by atoms with Gasteiger partial charge in [-0.25, -0.2) is 5.01 Å². The minimum absolute atomic E-state index is 0.00759. The fourth-order valence-corrected chi connectivity index (χ4v) is 2.11. The summed E-state index contributed by atoms with van der Waals surface area (Å²) in [4.78, 5) is 26.7. The lowest BCUT2D eigenvalue weighted by atomic mass is 10.1. The first-order valence-corrected chi connectivity index (χ1v) is 5.81. The van der Waals surface area contributed by atoms with Crippen molar-refractivity contribution in [3.8, 4) is 0 Å². The quantitative estimate of drug-likeness (QED) is 0.856. The molecule has 0 aliphatic carbocycles. The lowest BCUT2D eigenvalue weighted by molar-refractivity contribution is -0.128. The molecule has 1 aliphatic heterocycles. The van der Waals surface area contributed by atoms with Crippen molar-refractivity contribution >= 4 is 11.7 Å². The van der Waals surface area contributed by atoms with Crippen molar-refractivity contribution in [3.05, 3.63) is 23.5 Å². The molecule has 0 bridgehead atoms. The van der Waals surface area contributed by atoms with E-state index in [1.54, 1.807) is 18.1 Å². The number of nitrogens with one attached hydrogen (secondary N) is 1. The minimum Gasteiger partial charge on any atom is -0.357 e. The molecule has 17 heavy (non-hydrogen) atoms. The number of hydrazine groups is 1. The first kappa shape index (κ1) is 11.9. The number of amides is 1. The second-order valence-electron chi connectivity index (χ2n) is 4.30. The number of H-pyrrole nitrogens is 1. The van der Waals surface area contributed by atoms with Crippen molar-refractivity contribution in [2.24, 2.45) is 0 Å². The Balaban J connectivity index is 2.38. The Kier molecular flexibility index (Phi) is 3.02. The van der Waals surface area contributed by atoms with Gasteiger partial charge in [-0.2, -0.15) is 0 Å². The zero-order chi connectivity index (χ0) is 12.6. The van der Waals surface area contributed by atoms with Gasteiger partial charge in [-0.1, -0.05) is 6.92 Å². The third-order valence-electron chi connectivity index (χ3n) is 3.23. The average molecular weight is 235 g/mol. The molecule has 2 rings (SSSR count). The van der Waals surface area contributed by atoms with Gasteiger partial charge >= 0.3 is 0 Å². The van der Waals surface area contributed by atoms with Crippen LogP contribution >= 0.6 is 0 Å². The van der Waals surface area contributed by atoms with Crippen LogP contribution in [0.25, 0.3) is 0 Å². The Labute approximate surface area is 100 Å². The van der Waals surface area contributed by atoms with Crippen LogP contribution in [0.15, 0.2) is 12.3 Å². The highest BCUT2D eigenvalue weighted by Gasteiger charge is 2.35. The molecular weight excluding hydrogens is 218 g/mol. The van der Waals surface area contributed by atoms with Gasteiger partial charge in [0.2, 0.25) is 0 Å². The number of hydrogen-bond acceptors (Lipinski definition) is 3. The highest BCUT2D eigenvalue weighted by atomic mass is 16.2. The van der Waals surface area contributed by atoms with E-state index in [1.807, 2.05) is 18.0 Å². The summed E-state index contributed by atoms with van der Waals surface area (Å²) >= 11 is 0. The van der Waals surface area contributed by atoms with E-state index >= 15 is 0 Å². The standard InChI is InChI=1S/C12H17N3O2/c1-4-14-7-10-5-6-13-11(10)12(17)15(14)8(2)9(3)16/h5-6,8,13H,4,7H2,1-3H3. The van der Waals surface area contributed by atoms with Gasteiger partial charge in [0.05, 0.1) is 0 Å². The van der Waals surface area contributed by atoms with Crippen molar-refractivity contribution in [2.75, 3.05) is 6.54 Å². The van der Waals surface area contributed by atoms with E-state index in [0.717, 1.165) is 5.56 Å². The molecule has 0 aromatic carbocycles. The molecule has 0 fully saturated rings. The zero-order valence-electron chi connectivity index (χ0n) is 10.4. The molecule has 0 radical (unpaired) electrons. The molecule has 1 amide bonds. The van der Waals surface area contributed by atoms with Gasteiger partial charge in [-0.15, -0.1) is 0 Å². The van der Waals surface area contributed by atoms with E-state index in [0.29, 0.717) is 18.8 Å². The number of nitrogens with zero attached hydrogens (tertiary/aromatic N) is 2. The molecule has 1 atom stereocenters. The Morgan fingerprint density at radius 2 is 2.29 bits per heavy atom. The average Bonchev–Trinajstić information content (AvgIpc) is 2.76. The van der Waals surface area contributed by atoms with Crippen molar-refractivity contribution in [1.82, 2.24) is 15.0 Å². The van der Waals surface area contributed by atoms with Crippen LogP contribution in [0.1, 0.15) is 36.8 Å². The normalized spacial score (nSPS) is 18.1. The maximum atomic E-state index is 12.3. The molecule has 92 valence electrons. The number of rotatable bonds is 3. The summed E-state index contributed by atoms with van der Waals surface area (Å²) in [6, 6.07) is 1.49. The number of carbonyl (C=O) groups excluding carboxylic acids is 2. The smallest absolute Gasteiger partial charge is 0.285 e. The Hall–Kier alpha value is -1.62. The summed E-state index contributed by atoms with van der Waals surface area (Å²) in [5.41, 5.74) is 1.59. The summed E-state index contributed by atoms with van der Waals surface area (Å²) in [5.74, 6) is -0.132. The third-order valence-corrected chi connectivity index (χ3v) is 3.23. The molecule has 2 heterocycles. The topological polar surface area (TPSA) is 56.4 Å². The van der Waals surface area contributed by atoms with E-state index in [2.05, 4.69) is 4.98 Å². The SMILES string of the molecule is CCN1Cc2cc[nH]c2C(=O)N1C(C)C(C)=O. The minimum atomic E-state index is -0.418. The second kappa shape index (κ2) is 4.33. The molecule has 1 N–H and O–H groups in total. The summed E-state index contributed by atoms with van der Waals surface area (Å²) in [5, 5.41) is 3.46. The number of ketones is 1. The summed E-state index contributed by atoms with van der Waals surface area (Å²) in [7, 11) is 0. The predicted octanol–water partition coefficient (Wildman–Crippen LogP) is 1.18. The maximum absolute atomic E-state index is 12.3. The largest absolute Gasteiger partial charge is 0.357 e. The van der Waals surface area contributed by atoms with Gasteiger partial charge in [0.1, 0.15) is 11.7 Å². The Morgan fingerprint density at radius 3 is 2.88 bits per heavy atom. The van der Waals surface area contributed by atoms with Crippen LogP contribution in [0.4, 0.5) is 0 Å². The molecular formula is C12H17N3O2. The molecule has 0 saturated carbocycles. The van der Waals surface area contributed by atoms with Crippen LogP contribution < -0.4 is 0 Å². The van der Waals surface area contributed by atoms with Gasteiger partial charge in [0.25, 0.3) is 5.91 Å². The summed E-state index contributed by atoms with van der Waals surface area (Å²) < 4.78 is 0. The molecule has 0 saturated heterocycles. The predicted molar refractivity (Wildman–Crippen MR) is 63.2 cm³/mol. The van der Waals surface area contributed by atoms with E-state index in [1.165, 1.54) is 6.92 Å². The number of aromatic amines is 1. The molecule has 5 heteroatoms. The second-order valence-corrected chi connectivity index (χ2v) is 4.30. The van der Waals surface area contributed by atoms with Gasteiger partial charge in [0.15, 0.2) is 5.78 Å². The maximum Gasteiger partial charge on any atom is 0.285 e. The van der Waals surface area contributed by atoms with E-state index in [9.17, 15) is 9.59 Å². The first-order chi connectivity index (χ1) is 8.06. The van der Waals surface area contributed by atoms with Crippen LogP contribution in [0.2, 0.25) is 0 Å². The third kappa shape index (κ3) is 1.86. The monoisotopic (exact) mass is 235 g/mol. The van der Waals surface area contributed by atoms with Gasteiger partial charge in [-0.3, -0.25) is 14.6 Å². The van der Waals surface area contributed by atoms with Crippen molar-refractivity contribution in [1.29, 1.82) is 0 Å². The van der Waals surface area contributed by atoms with Crippen LogP contribution in [0.3, 0.4) is 0 Å². The molecule has 1 aromatic heterocycles. The Bertz CT molecular complexity index is 452. The number of Topliss-reactive ketones (excluding diaryl/α,β-unsaturated/α-hetero) is 1. The highest BCUT2D eigenvalue weighted by Crippen LogP contribution is 2.23. The lowest BCUT2D eigenvalue weighted by Crippen LogP contribution is -2.55. The summed E-state index contributed by atoms with van der Waals surface area (Å²) in [6.45, 7) is 6.62. The number of hydrogen-bond donors (Lipinski definition) is 1. The number of aromatic nitrogens is 1. The Morgan fingerprint density at radius 1 is 1.59 bits per heavy atom. The van der Waals surface area contributed by atoms with Crippen LogP contribution in [0.5, 0.6) is 0 Å². The zero-order valence-corrected chi connectivity index (χ0v) is 10.4. The molecule has 1 aliphatic rings. The molecule has 5 nitrogen and oxygen atoms in total. The van der Waals surface area contributed by atoms with Crippen molar-refractivity contribution < 1.29 is 9.59 Å². The highest BCUT2D eigenvalue weighted by molar-refractivity contribution is 5.97. The van der Waals surface area contributed by atoms with E-state index in [4.69, 9.17) is 0 Å². The van der Waals surface area contributed by atoms with Crippen molar-refractivity contribution in [2.45, 2.75) is 33.4 Å². The lowest BCUT2D eigenvalue weighted by Gasteiger charge is -2.40. The van der Waals surface area contributed by atoms with Gasteiger partial charge in [0, 0.05) is 19.3 Å². The first-order valence-electron chi connectivity index (χ1n) is 5.81.